The minimum atomic E-state index is 0.350. The van der Waals surface area contributed by atoms with Gasteiger partial charge in [0.1, 0.15) is 0 Å². The molecule has 0 amide bonds. The van der Waals surface area contributed by atoms with Crippen LogP contribution in [0, 0.1) is 0 Å². The van der Waals surface area contributed by atoms with Gasteiger partial charge in [0.25, 0.3) is 0 Å². The molecule has 0 aromatic heterocycles. The lowest BCUT2D eigenvalue weighted by molar-refractivity contribution is -0.00258. The van der Waals surface area contributed by atoms with Crippen molar-refractivity contribution in [2.45, 2.75) is 6.42 Å². The Bertz CT molecular complexity index is 290. The molecule has 0 aromatic carbocycles. The summed E-state index contributed by atoms with van der Waals surface area (Å²) in [6, 6.07) is 0. The summed E-state index contributed by atoms with van der Waals surface area (Å²) in [5.41, 5.74) is 13.5. The van der Waals surface area contributed by atoms with Crippen LogP contribution in [0.25, 0.3) is 10.4 Å². The zero-order valence-electron chi connectivity index (χ0n) is 14.2. The molecule has 0 bridgehead atoms. The maximum atomic E-state index is 8.06. The predicted octanol–water partition coefficient (Wildman–Crippen LogP) is 0.644. The van der Waals surface area contributed by atoms with Gasteiger partial charge in [0, 0.05) is 18.0 Å². The van der Waals surface area contributed by atoms with Gasteiger partial charge in [-0.05, 0) is 32.1 Å². The van der Waals surface area contributed by atoms with Crippen LogP contribution in [-0.2, 0) is 18.9 Å². The van der Waals surface area contributed by atoms with E-state index >= 15 is 0 Å². The van der Waals surface area contributed by atoms with E-state index in [1.165, 1.54) is 0 Å². The van der Waals surface area contributed by atoms with Gasteiger partial charge in [-0.1, -0.05) is 5.11 Å². The summed E-state index contributed by atoms with van der Waals surface area (Å²) in [5, 5.41) is 3.36. The highest BCUT2D eigenvalue weighted by Gasteiger charge is 1.97. The number of hydrogen-bond donors (Lipinski definition) is 1. The quantitative estimate of drug-likeness (QED) is 0.170. The second kappa shape index (κ2) is 19.1. The molecule has 0 heterocycles. The van der Waals surface area contributed by atoms with Gasteiger partial charge >= 0.3 is 0 Å². The normalized spacial score (nSPS) is 10.9. The fourth-order valence-electron chi connectivity index (χ4n) is 1.61. The molecule has 9 nitrogen and oxygen atoms in total. The zero-order chi connectivity index (χ0) is 17.0. The largest absolute Gasteiger partial charge is 0.379 e. The molecule has 2 N–H and O–H groups in total. The van der Waals surface area contributed by atoms with E-state index in [2.05, 4.69) is 22.0 Å². The highest BCUT2D eigenvalue weighted by Crippen LogP contribution is 1.87. The molecular weight excluding hydrogens is 302 g/mol. The van der Waals surface area contributed by atoms with E-state index in [0.29, 0.717) is 59.4 Å². The van der Waals surface area contributed by atoms with Crippen molar-refractivity contribution in [3.05, 3.63) is 10.4 Å². The number of hydrogen-bond acceptors (Lipinski definition) is 7. The van der Waals surface area contributed by atoms with Crippen molar-refractivity contribution in [1.82, 2.24) is 4.90 Å². The van der Waals surface area contributed by atoms with Crippen molar-refractivity contribution in [1.29, 1.82) is 0 Å². The van der Waals surface area contributed by atoms with Crippen LogP contribution in [0.3, 0.4) is 0 Å². The minimum Gasteiger partial charge on any atom is -0.379 e. The summed E-state index contributed by atoms with van der Waals surface area (Å²) in [4.78, 5) is 4.84. The topological polar surface area (TPSA) is 115 Å². The van der Waals surface area contributed by atoms with Crippen molar-refractivity contribution in [2.24, 2.45) is 10.8 Å². The predicted molar refractivity (Wildman–Crippen MR) is 88.5 cm³/mol. The lowest BCUT2D eigenvalue weighted by atomic mass is 10.4. The van der Waals surface area contributed by atoms with E-state index in [1.54, 1.807) is 0 Å². The molecule has 0 rings (SSSR count). The second-order valence-corrected chi connectivity index (χ2v) is 4.85. The Kier molecular flexibility index (Phi) is 18.3. The van der Waals surface area contributed by atoms with E-state index in [0.717, 1.165) is 26.1 Å². The van der Waals surface area contributed by atoms with E-state index in [-0.39, 0.29) is 0 Å². The van der Waals surface area contributed by atoms with Crippen LogP contribution in [0.4, 0.5) is 0 Å². The van der Waals surface area contributed by atoms with Gasteiger partial charge < -0.3 is 29.6 Å². The average Bonchev–Trinajstić information content (AvgIpc) is 2.56. The van der Waals surface area contributed by atoms with E-state index < -0.39 is 0 Å². The summed E-state index contributed by atoms with van der Waals surface area (Å²) < 4.78 is 21.4. The Morgan fingerprint density at radius 1 is 0.870 bits per heavy atom. The number of azide groups is 1. The molecule has 0 unspecified atom stereocenters. The van der Waals surface area contributed by atoms with E-state index in [1.807, 2.05) is 0 Å². The molecule has 23 heavy (non-hydrogen) atoms. The van der Waals surface area contributed by atoms with Crippen molar-refractivity contribution in [3.63, 3.8) is 0 Å². The molecule has 0 atom stereocenters. The molecule has 0 aromatic rings. The Morgan fingerprint density at radius 3 is 1.91 bits per heavy atom. The highest BCUT2D eigenvalue weighted by atomic mass is 16.6. The van der Waals surface area contributed by atoms with Gasteiger partial charge in [0.15, 0.2) is 0 Å². The molecule has 0 aliphatic rings. The van der Waals surface area contributed by atoms with Crippen molar-refractivity contribution >= 4 is 0 Å². The molecule has 0 fully saturated rings. The molecule has 0 saturated carbocycles. The minimum absolute atomic E-state index is 0.350. The SMILES string of the molecule is CN(CCCN)CCOCCOCCOCCOCCN=[N+]=[N-]. The summed E-state index contributed by atoms with van der Waals surface area (Å²) in [7, 11) is 2.06. The highest BCUT2D eigenvalue weighted by molar-refractivity contribution is 4.51. The van der Waals surface area contributed by atoms with Crippen molar-refractivity contribution in [2.75, 3.05) is 86.1 Å². The Labute approximate surface area is 138 Å². The maximum absolute atomic E-state index is 8.06. The van der Waals surface area contributed by atoms with Crippen molar-refractivity contribution < 1.29 is 18.9 Å². The first-order chi connectivity index (χ1) is 11.3. The fraction of sp³-hybridized carbons (Fsp3) is 1.00. The van der Waals surface area contributed by atoms with Gasteiger partial charge in [-0.3, -0.25) is 0 Å². The first kappa shape index (κ1) is 22.1. The summed E-state index contributed by atoms with van der Waals surface area (Å²) in [5.74, 6) is 0. The molecular formula is C14H31N5O4. The van der Waals surface area contributed by atoms with Gasteiger partial charge in [-0.2, -0.15) is 0 Å². The van der Waals surface area contributed by atoms with Crippen LogP contribution in [-0.4, -0.2) is 91.0 Å². The van der Waals surface area contributed by atoms with Crippen LogP contribution in [0.5, 0.6) is 0 Å². The lowest BCUT2D eigenvalue weighted by Crippen LogP contribution is -2.26. The average molecular weight is 333 g/mol. The third-order valence-corrected chi connectivity index (χ3v) is 2.88. The second-order valence-electron chi connectivity index (χ2n) is 4.85. The summed E-state index contributed by atoms with van der Waals surface area (Å²) >= 11 is 0. The Hall–Kier alpha value is -0.930. The smallest absolute Gasteiger partial charge is 0.0701 e. The Balaban J connectivity index is 3.06. The monoisotopic (exact) mass is 333 g/mol. The maximum Gasteiger partial charge on any atom is 0.0701 e. The number of nitrogens with zero attached hydrogens (tertiary/aromatic N) is 4. The molecule has 136 valence electrons. The van der Waals surface area contributed by atoms with Crippen LogP contribution >= 0.6 is 0 Å². The molecule has 0 spiro atoms. The third kappa shape index (κ3) is 19.0. The van der Waals surface area contributed by atoms with E-state index in [9.17, 15) is 0 Å². The molecule has 0 radical (unpaired) electrons. The summed E-state index contributed by atoms with van der Waals surface area (Å²) in [6.07, 6.45) is 1.01. The number of rotatable bonds is 18. The molecule has 9 heteroatoms. The van der Waals surface area contributed by atoms with Gasteiger partial charge in [0.05, 0.1) is 52.9 Å². The first-order valence-electron chi connectivity index (χ1n) is 8.01. The summed E-state index contributed by atoms with van der Waals surface area (Å²) in [6.45, 7) is 7.33. The number of ether oxygens (including phenoxy) is 4. The van der Waals surface area contributed by atoms with Crippen molar-refractivity contribution in [3.8, 4) is 0 Å². The zero-order valence-corrected chi connectivity index (χ0v) is 14.2. The Morgan fingerprint density at radius 2 is 1.39 bits per heavy atom. The molecule has 0 saturated heterocycles. The fourth-order valence-corrected chi connectivity index (χ4v) is 1.61. The lowest BCUT2D eigenvalue weighted by Gasteiger charge is -2.15. The van der Waals surface area contributed by atoms with Gasteiger partial charge in [-0.15, -0.1) is 0 Å². The standard InChI is InChI=1S/C14H31N5O4/c1-19(5-2-3-15)6-8-21-10-12-23-14-13-22-11-9-20-7-4-17-18-16/h2-15H2,1H3. The van der Waals surface area contributed by atoms with Crippen LogP contribution in [0.2, 0.25) is 0 Å². The molecule has 0 aliphatic carbocycles. The first-order valence-corrected chi connectivity index (χ1v) is 8.01. The van der Waals surface area contributed by atoms with Crippen LogP contribution < -0.4 is 5.73 Å². The van der Waals surface area contributed by atoms with Crippen LogP contribution in [0.1, 0.15) is 6.42 Å². The van der Waals surface area contributed by atoms with Gasteiger partial charge in [-0.25, -0.2) is 0 Å². The number of nitrogens with two attached hydrogens (primary N) is 1. The van der Waals surface area contributed by atoms with Crippen LogP contribution in [0.15, 0.2) is 5.11 Å². The molecule has 0 aliphatic heterocycles. The van der Waals surface area contributed by atoms with E-state index in [4.69, 9.17) is 30.2 Å². The van der Waals surface area contributed by atoms with Gasteiger partial charge in [0.2, 0.25) is 0 Å². The third-order valence-electron chi connectivity index (χ3n) is 2.88. The number of likely N-dealkylation sites (N-methyl/N-ethyl adjacent to an activating group) is 1.